The zero-order valence-electron chi connectivity index (χ0n) is 13.3. The predicted molar refractivity (Wildman–Crippen MR) is 83.2 cm³/mol. The summed E-state index contributed by atoms with van der Waals surface area (Å²) in [5.41, 5.74) is -1.10. The summed E-state index contributed by atoms with van der Waals surface area (Å²) in [6, 6.07) is 0. The normalized spacial score (nSPS) is 26.5. The van der Waals surface area contributed by atoms with Gasteiger partial charge in [-0.15, -0.1) is 0 Å². The standard InChI is InChI=1S/C11H18N2O10P2/c1-6-4-13(11(15)12-10(6)14)9-3-7(23-24(2,16)17)8(22-9)5-21-25(18,19)20/h4,7-9H,3,5H2,1-2H3,(H,16,17)(H,12,14,15)(H2,18,19,20)/t7-,8+,9+/m0/s1. The van der Waals surface area contributed by atoms with Crippen molar-refractivity contribution in [1.29, 1.82) is 0 Å². The molecule has 12 nitrogen and oxygen atoms in total. The maximum atomic E-state index is 11.9. The van der Waals surface area contributed by atoms with Crippen LogP contribution in [0.15, 0.2) is 15.8 Å². The second-order valence-corrected chi connectivity index (χ2v) is 8.63. The molecule has 142 valence electrons. The third-order valence-corrected chi connectivity index (χ3v) is 4.52. The maximum Gasteiger partial charge on any atom is 0.469 e. The molecule has 1 aliphatic heterocycles. The average molecular weight is 400 g/mol. The lowest BCUT2D eigenvalue weighted by Gasteiger charge is -2.20. The number of rotatable bonds is 6. The van der Waals surface area contributed by atoms with Gasteiger partial charge >= 0.3 is 21.1 Å². The Morgan fingerprint density at radius 1 is 1.36 bits per heavy atom. The van der Waals surface area contributed by atoms with Gasteiger partial charge in [0.05, 0.1) is 12.7 Å². The largest absolute Gasteiger partial charge is 0.469 e. The van der Waals surface area contributed by atoms with Crippen molar-refractivity contribution in [2.45, 2.75) is 31.8 Å². The molecular weight excluding hydrogens is 382 g/mol. The summed E-state index contributed by atoms with van der Waals surface area (Å²) in [6.07, 6.45) is -1.97. The summed E-state index contributed by atoms with van der Waals surface area (Å²) in [7, 11) is -8.73. The lowest BCUT2D eigenvalue weighted by atomic mass is 10.2. The highest BCUT2D eigenvalue weighted by atomic mass is 31.2. The molecule has 1 aromatic heterocycles. The molecule has 1 aliphatic rings. The van der Waals surface area contributed by atoms with Gasteiger partial charge in [0.2, 0.25) is 0 Å². The number of phosphoric ester groups is 1. The van der Waals surface area contributed by atoms with E-state index < -0.39 is 51.7 Å². The minimum atomic E-state index is -4.79. The Morgan fingerprint density at radius 2 is 2.00 bits per heavy atom. The van der Waals surface area contributed by atoms with Gasteiger partial charge in [0, 0.05) is 24.8 Å². The van der Waals surface area contributed by atoms with Crippen LogP contribution >= 0.6 is 15.4 Å². The molecule has 0 aromatic carbocycles. The van der Waals surface area contributed by atoms with E-state index in [1.165, 1.54) is 13.1 Å². The van der Waals surface area contributed by atoms with E-state index in [2.05, 4.69) is 9.51 Å². The van der Waals surface area contributed by atoms with Crippen molar-refractivity contribution >= 4 is 15.4 Å². The average Bonchev–Trinajstić information content (AvgIpc) is 2.80. The molecule has 1 saturated heterocycles. The molecule has 0 spiro atoms. The quantitative estimate of drug-likeness (QED) is 0.453. The van der Waals surface area contributed by atoms with Gasteiger partial charge in [-0.25, -0.2) is 9.36 Å². The predicted octanol–water partition coefficient (Wildman–Crippen LogP) is -0.558. The molecule has 0 radical (unpaired) electrons. The Kier molecular flexibility index (Phi) is 5.87. The van der Waals surface area contributed by atoms with Crippen molar-refractivity contribution in [3.8, 4) is 0 Å². The number of aromatic amines is 1. The molecule has 2 heterocycles. The van der Waals surface area contributed by atoms with Crippen LogP contribution in [-0.2, 0) is 22.9 Å². The number of phosphoric acid groups is 1. The molecule has 4 atom stereocenters. The fourth-order valence-corrected chi connectivity index (χ4v) is 3.42. The van der Waals surface area contributed by atoms with E-state index in [0.29, 0.717) is 0 Å². The molecule has 2 rings (SSSR count). The number of nitrogens with zero attached hydrogens (tertiary/aromatic N) is 1. The SMILES string of the molecule is Cc1cn([C@H]2C[C@H](OP(C)(=O)O)[C@@H](COP(=O)(O)O)O2)c(=O)[nH]c1=O. The van der Waals surface area contributed by atoms with Crippen LogP contribution in [-0.4, -0.2) is 49.7 Å². The zero-order chi connectivity index (χ0) is 19.0. The summed E-state index contributed by atoms with van der Waals surface area (Å²) in [4.78, 5) is 52.4. The van der Waals surface area contributed by atoms with Gasteiger partial charge in [-0.1, -0.05) is 0 Å². The van der Waals surface area contributed by atoms with E-state index in [9.17, 15) is 23.6 Å². The molecule has 1 unspecified atom stereocenters. The Hall–Kier alpha value is -1.10. The van der Waals surface area contributed by atoms with Crippen LogP contribution in [0.5, 0.6) is 0 Å². The third kappa shape index (κ3) is 5.70. The van der Waals surface area contributed by atoms with Crippen LogP contribution in [0.1, 0.15) is 18.2 Å². The first-order valence-corrected chi connectivity index (χ1v) is 10.6. The second kappa shape index (κ2) is 7.26. The van der Waals surface area contributed by atoms with Gasteiger partial charge in [0.25, 0.3) is 5.56 Å². The molecule has 4 N–H and O–H groups in total. The van der Waals surface area contributed by atoms with Crippen molar-refractivity contribution < 1.29 is 37.6 Å². The monoisotopic (exact) mass is 400 g/mol. The van der Waals surface area contributed by atoms with Crippen LogP contribution in [0.4, 0.5) is 0 Å². The lowest BCUT2D eigenvalue weighted by Crippen LogP contribution is -2.33. The maximum absolute atomic E-state index is 11.9. The Labute approximate surface area is 141 Å². The van der Waals surface area contributed by atoms with Crippen molar-refractivity contribution in [3.05, 3.63) is 32.6 Å². The lowest BCUT2D eigenvalue weighted by molar-refractivity contribution is -0.0423. The number of nitrogens with one attached hydrogen (secondary N) is 1. The highest BCUT2D eigenvalue weighted by Gasteiger charge is 2.41. The molecule has 0 bridgehead atoms. The first kappa shape index (κ1) is 20.2. The molecule has 25 heavy (non-hydrogen) atoms. The first-order valence-electron chi connectivity index (χ1n) is 7.02. The van der Waals surface area contributed by atoms with Gasteiger partial charge in [-0.05, 0) is 6.92 Å². The van der Waals surface area contributed by atoms with Crippen molar-refractivity contribution in [2.24, 2.45) is 0 Å². The Balaban J connectivity index is 2.26. The Bertz CT molecular complexity index is 836. The van der Waals surface area contributed by atoms with Gasteiger partial charge < -0.3 is 23.9 Å². The van der Waals surface area contributed by atoms with Crippen LogP contribution in [0.2, 0.25) is 0 Å². The Morgan fingerprint density at radius 3 is 2.56 bits per heavy atom. The fraction of sp³-hybridized carbons (Fsp3) is 0.636. The van der Waals surface area contributed by atoms with E-state index >= 15 is 0 Å². The molecule has 0 aliphatic carbocycles. The molecule has 14 heteroatoms. The minimum absolute atomic E-state index is 0.0705. The molecule has 0 amide bonds. The van der Waals surface area contributed by atoms with Crippen LogP contribution in [0.3, 0.4) is 0 Å². The van der Waals surface area contributed by atoms with Gasteiger partial charge in [-0.3, -0.25) is 23.4 Å². The number of ether oxygens (including phenoxy) is 1. The van der Waals surface area contributed by atoms with Crippen LogP contribution in [0.25, 0.3) is 0 Å². The van der Waals surface area contributed by atoms with E-state index in [1.54, 1.807) is 0 Å². The second-order valence-electron chi connectivity index (χ2n) is 5.58. The summed E-state index contributed by atoms with van der Waals surface area (Å²) in [5, 5.41) is 0. The van der Waals surface area contributed by atoms with Crippen LogP contribution in [0, 0.1) is 6.92 Å². The highest BCUT2D eigenvalue weighted by Crippen LogP contribution is 2.45. The van der Waals surface area contributed by atoms with Gasteiger partial charge in [0.1, 0.15) is 12.3 Å². The van der Waals surface area contributed by atoms with Crippen molar-refractivity contribution in [1.82, 2.24) is 9.55 Å². The van der Waals surface area contributed by atoms with E-state index in [0.717, 1.165) is 11.2 Å². The summed E-state index contributed by atoms with van der Waals surface area (Å²) in [6.45, 7) is 1.79. The topological polar surface area (TPSA) is 177 Å². The highest BCUT2D eigenvalue weighted by molar-refractivity contribution is 7.51. The van der Waals surface area contributed by atoms with Crippen LogP contribution < -0.4 is 11.2 Å². The molecule has 0 saturated carbocycles. The number of hydrogen-bond acceptors (Lipinski definition) is 7. The number of aryl methyl sites for hydroxylation is 1. The van der Waals surface area contributed by atoms with Crippen molar-refractivity contribution in [3.63, 3.8) is 0 Å². The van der Waals surface area contributed by atoms with E-state index in [1.807, 2.05) is 0 Å². The third-order valence-electron chi connectivity index (χ3n) is 3.37. The fourth-order valence-electron chi connectivity index (χ4n) is 2.35. The smallest absolute Gasteiger partial charge is 0.349 e. The summed E-state index contributed by atoms with van der Waals surface area (Å²) in [5.74, 6) is 0. The zero-order valence-corrected chi connectivity index (χ0v) is 15.1. The number of aromatic nitrogens is 2. The first-order chi connectivity index (χ1) is 11.4. The molecule has 1 aromatic rings. The number of hydrogen-bond donors (Lipinski definition) is 4. The van der Waals surface area contributed by atoms with E-state index in [4.69, 9.17) is 19.0 Å². The molecular formula is C11H18N2O10P2. The summed E-state index contributed by atoms with van der Waals surface area (Å²) < 4.78 is 38.2. The van der Waals surface area contributed by atoms with Gasteiger partial charge in [-0.2, -0.15) is 0 Å². The minimum Gasteiger partial charge on any atom is -0.349 e. The van der Waals surface area contributed by atoms with Crippen molar-refractivity contribution in [2.75, 3.05) is 13.3 Å². The van der Waals surface area contributed by atoms with E-state index in [-0.39, 0.29) is 12.0 Å². The summed E-state index contributed by atoms with van der Waals surface area (Å²) >= 11 is 0. The van der Waals surface area contributed by atoms with Gasteiger partial charge in [0.15, 0.2) is 0 Å². The number of H-pyrrole nitrogens is 1. The molecule has 1 fully saturated rings.